The quantitative estimate of drug-likeness (QED) is 0.0253. The van der Waals surface area contributed by atoms with Gasteiger partial charge in [-0.3, -0.25) is 0 Å². The number of aliphatic hydroxyl groups excluding tert-OH is 4. The van der Waals surface area contributed by atoms with E-state index in [1.807, 2.05) is 0 Å². The van der Waals surface area contributed by atoms with Gasteiger partial charge in [0.2, 0.25) is 0 Å². The van der Waals surface area contributed by atoms with Crippen LogP contribution < -0.4 is 20.4 Å². The minimum atomic E-state index is -0.939. The van der Waals surface area contributed by atoms with Crippen LogP contribution in [0.2, 0.25) is 0 Å². The first kappa shape index (κ1) is 91.3. The van der Waals surface area contributed by atoms with Gasteiger partial charge in [-0.25, -0.2) is 0 Å². The van der Waals surface area contributed by atoms with Gasteiger partial charge in [0, 0.05) is 51.2 Å². The maximum atomic E-state index is 10.2. The van der Waals surface area contributed by atoms with Crippen LogP contribution in [0.1, 0.15) is 362 Å². The van der Waals surface area contributed by atoms with Gasteiger partial charge >= 0.3 is 0 Å². The second kappa shape index (κ2) is 79.6. The molecule has 4 atom stereocenters. The fraction of sp³-hybridized carbons (Fsp3) is 0.833. The monoisotopic (exact) mass is 1400 g/mol. The number of aliphatic carboxylic acids is 4. The van der Waals surface area contributed by atoms with E-state index in [0.717, 1.165) is 231 Å². The molecule has 0 saturated carbocycles. The summed E-state index contributed by atoms with van der Waals surface area (Å²) in [4.78, 5) is 40.9. The second-order valence-electron chi connectivity index (χ2n) is 23.6. The van der Waals surface area contributed by atoms with E-state index in [4.69, 9.17) is 0 Å². The molecule has 12 nitrogen and oxygen atoms in total. The van der Waals surface area contributed by atoms with Crippen LogP contribution in [0.15, 0.2) is 48.6 Å². The summed E-state index contributed by atoms with van der Waals surface area (Å²) in [6.07, 6.45) is 68.1. The maximum absolute atomic E-state index is 10.2. The number of unbranched alkanes of at least 4 members (excludes halogenated alkanes) is 32. The summed E-state index contributed by atoms with van der Waals surface area (Å²) in [7, 11) is 0. The van der Waals surface area contributed by atoms with Crippen LogP contribution in [0, 0.1) is 0 Å². The van der Waals surface area contributed by atoms with Gasteiger partial charge in [-0.1, -0.05) is 256 Å². The Labute approximate surface area is 542 Å². The van der Waals surface area contributed by atoms with Gasteiger partial charge in [-0.05, 0) is 154 Å². The van der Waals surface area contributed by atoms with Crippen LogP contribution in [-0.2, 0) is 19.2 Å². The Morgan fingerprint density at radius 2 is 0.424 bits per heavy atom. The molecule has 0 rings (SSSR count). The van der Waals surface area contributed by atoms with Crippen LogP contribution in [-0.4, -0.2) is 96.0 Å². The molecule has 0 aromatic carbocycles. The van der Waals surface area contributed by atoms with Gasteiger partial charge in [-0.2, -0.15) is 0 Å². The molecule has 0 spiro atoms. The molecular weight excluding hydrogens is 1260 g/mol. The van der Waals surface area contributed by atoms with E-state index in [9.17, 15) is 60.0 Å². The average Bonchev–Trinajstić information content (AvgIpc) is 3.45. The van der Waals surface area contributed by atoms with Crippen LogP contribution >= 0.6 is 0 Å². The molecule has 0 fully saturated rings. The van der Waals surface area contributed by atoms with Crippen molar-refractivity contribution >= 4 is 51.2 Å². The van der Waals surface area contributed by atoms with Gasteiger partial charge in [0.25, 0.3) is 0 Å². The van der Waals surface area contributed by atoms with Crippen LogP contribution in [0.25, 0.3) is 0 Å². The third-order valence-corrected chi connectivity index (χ3v) is 14.9. The molecule has 0 saturated heterocycles. The summed E-state index contributed by atoms with van der Waals surface area (Å²) in [6, 6.07) is 0. The third-order valence-electron chi connectivity index (χ3n) is 14.9. The number of carbonyl (C=O) groups excluding carboxylic acids is 4. The largest absolute Gasteiger partial charge is 0.550 e. The number of carboxylic acids is 4. The van der Waals surface area contributed by atoms with Crippen molar-refractivity contribution in [3.63, 3.8) is 0 Å². The normalized spacial score (nSPS) is 12.7. The third kappa shape index (κ3) is 95.4. The van der Waals surface area contributed by atoms with Gasteiger partial charge in [0.15, 0.2) is 0 Å². The average molecular weight is 1400 g/mol. The maximum Gasteiger partial charge on any atom is 0.0574 e. The molecule has 4 radical (unpaired) electrons. The molecule has 0 amide bonds. The van der Waals surface area contributed by atoms with Gasteiger partial charge in [0.1, 0.15) is 0 Å². The van der Waals surface area contributed by atoms with Crippen molar-refractivity contribution in [1.29, 1.82) is 0 Å². The van der Waals surface area contributed by atoms with Gasteiger partial charge < -0.3 is 60.0 Å². The molecule has 500 valence electrons. The van der Waals surface area contributed by atoms with E-state index in [1.54, 1.807) is 0 Å². The number of carboxylic acid groups (broad SMARTS) is 4. The van der Waals surface area contributed by atoms with Gasteiger partial charge in [-0.15, -0.1) is 0 Å². The van der Waals surface area contributed by atoms with E-state index >= 15 is 0 Å². The number of rotatable bonds is 60. The fourth-order valence-electron chi connectivity index (χ4n) is 9.43. The van der Waals surface area contributed by atoms with Gasteiger partial charge in [0.05, 0.1) is 24.4 Å². The zero-order valence-corrected chi connectivity index (χ0v) is 59.1. The Morgan fingerprint density at radius 1 is 0.259 bits per heavy atom. The zero-order chi connectivity index (χ0) is 63.0. The molecule has 0 aromatic heterocycles. The molecule has 4 N–H and O–H groups in total. The van der Waals surface area contributed by atoms with E-state index in [1.165, 1.54) is 77.0 Å². The first-order valence-electron chi connectivity index (χ1n) is 34.8. The van der Waals surface area contributed by atoms with Crippen molar-refractivity contribution in [2.24, 2.45) is 0 Å². The van der Waals surface area contributed by atoms with Crippen molar-refractivity contribution in [3.8, 4) is 0 Å². The Balaban J connectivity index is -0.000000333. The minimum absolute atomic E-state index is 0. The topological polar surface area (TPSA) is 241 Å². The number of allylic oxidation sites excluding steroid dienone is 4. The summed E-state index contributed by atoms with van der Waals surface area (Å²) in [6.45, 7) is 8.79. The fourth-order valence-corrected chi connectivity index (χ4v) is 9.43. The molecule has 13 heteroatoms. The summed E-state index contributed by atoms with van der Waals surface area (Å²) in [5, 5.41) is 80.0. The minimum Gasteiger partial charge on any atom is -0.550 e. The van der Waals surface area contributed by atoms with Crippen molar-refractivity contribution in [1.82, 2.24) is 0 Å². The molecule has 0 aromatic rings. The first-order valence-corrected chi connectivity index (χ1v) is 34.8. The number of hydrogen-bond acceptors (Lipinski definition) is 12. The molecule has 0 heterocycles. The van der Waals surface area contributed by atoms with Crippen LogP contribution in [0.4, 0.5) is 0 Å². The molecule has 85 heavy (non-hydrogen) atoms. The SMILES string of the molecule is CCCCCC[C@@H](O)C/C=C\CCCCCCCC(=O)[O-].CCCCCC[C@@H](O)C/C=C\CCCCCCCC(=O)[O-].CCCCCC[C@@H](O)C/C=C\CCCCCCCC(=O)[O-].CCCCCC[C@@H](O)C/C=C\CCCCCCCC(=O)[O-].[Pb]. The summed E-state index contributed by atoms with van der Waals surface area (Å²) in [5.74, 6) is -3.75. The summed E-state index contributed by atoms with van der Waals surface area (Å²) < 4.78 is 0. The number of hydrogen-bond donors (Lipinski definition) is 4. The molecule has 0 aliphatic carbocycles. The predicted molar refractivity (Wildman–Crippen MR) is 349 cm³/mol. The number of carbonyl (C=O) groups is 4. The molecule has 0 bridgehead atoms. The smallest absolute Gasteiger partial charge is 0.0574 e. The molecule has 0 aliphatic rings. The van der Waals surface area contributed by atoms with Crippen molar-refractivity contribution in [2.75, 3.05) is 0 Å². The van der Waals surface area contributed by atoms with E-state index in [0.29, 0.717) is 0 Å². The van der Waals surface area contributed by atoms with Crippen LogP contribution in [0.3, 0.4) is 0 Å². The van der Waals surface area contributed by atoms with E-state index in [-0.39, 0.29) is 77.4 Å². The predicted octanol–water partition coefficient (Wildman–Crippen LogP) is 14.6. The Hall–Kier alpha value is -2.40. The number of aliphatic hydroxyl groups is 4. The standard InChI is InChI=1S/4C18H34O3.Pb/c4*1-2-3-4-11-14-17(19)15-12-9-7-5-6-8-10-13-16-18(20)21;/h4*9,12,17,19H,2-8,10-11,13-16H2,1H3,(H,20,21);/p-4/b4*12-9-;/t4*17-;/m1111./s1. The van der Waals surface area contributed by atoms with Crippen molar-refractivity contribution in [3.05, 3.63) is 48.6 Å². The molecular formula is C72H132O12Pb-4. The van der Waals surface area contributed by atoms with Crippen molar-refractivity contribution < 1.29 is 60.0 Å². The first-order chi connectivity index (χ1) is 40.7. The zero-order valence-electron chi connectivity index (χ0n) is 55.3. The Bertz CT molecular complexity index is 1270. The summed E-state index contributed by atoms with van der Waals surface area (Å²) >= 11 is 0. The van der Waals surface area contributed by atoms with E-state index in [2.05, 4.69) is 76.3 Å². The Kier molecular flexibility index (Phi) is 85.5. The van der Waals surface area contributed by atoms with E-state index < -0.39 is 23.9 Å². The molecule has 0 aliphatic heterocycles. The second-order valence-corrected chi connectivity index (χ2v) is 23.6. The van der Waals surface area contributed by atoms with Crippen molar-refractivity contribution in [2.45, 2.75) is 386 Å². The van der Waals surface area contributed by atoms with Crippen LogP contribution in [0.5, 0.6) is 0 Å². The Morgan fingerprint density at radius 3 is 0.600 bits per heavy atom. The molecule has 0 unspecified atom stereocenters. The summed E-state index contributed by atoms with van der Waals surface area (Å²) in [5.41, 5.74) is 0.